The number of ether oxygens (including phenoxy) is 1. The molecule has 0 saturated heterocycles. The van der Waals surface area contributed by atoms with Crippen LogP contribution in [0.3, 0.4) is 0 Å². The molecule has 0 bridgehead atoms. The molecule has 8 heteroatoms. The van der Waals surface area contributed by atoms with Gasteiger partial charge in [0, 0.05) is 13.0 Å². The van der Waals surface area contributed by atoms with E-state index in [0.29, 0.717) is 5.56 Å². The molecule has 1 unspecified atom stereocenters. The van der Waals surface area contributed by atoms with E-state index in [9.17, 15) is 27.9 Å². The van der Waals surface area contributed by atoms with Gasteiger partial charge in [0.25, 0.3) is 0 Å². The first-order valence-electron chi connectivity index (χ1n) is 8.09. The van der Waals surface area contributed by atoms with Crippen molar-refractivity contribution in [1.82, 2.24) is 5.32 Å². The molecular weight excluding hydrogens is 351 g/mol. The number of halogens is 3. The smallest absolute Gasteiger partial charge is 0.407 e. The Balaban J connectivity index is 3.17. The van der Waals surface area contributed by atoms with Crippen molar-refractivity contribution in [3.05, 3.63) is 35.4 Å². The Morgan fingerprint density at radius 2 is 1.77 bits per heavy atom. The fourth-order valence-corrected chi connectivity index (χ4v) is 2.48. The van der Waals surface area contributed by atoms with Gasteiger partial charge in [-0.2, -0.15) is 13.2 Å². The number of carboxylic acid groups (broad SMARTS) is 1. The molecule has 1 amide bonds. The molecule has 0 heterocycles. The average Bonchev–Trinajstić information content (AvgIpc) is 2.44. The van der Waals surface area contributed by atoms with E-state index >= 15 is 0 Å². The number of carbonyl (C=O) groups excluding carboxylic acids is 1. The second-order valence-corrected chi connectivity index (χ2v) is 7.23. The number of alkyl halides is 3. The SMILES string of the molecule is Cc1cccc(C(CCC(F)(F)F)(CNC(=O)OC(C)(C)C)C(=O)O)c1. The number of amides is 1. The maximum absolute atomic E-state index is 12.8. The summed E-state index contributed by atoms with van der Waals surface area (Å²) in [6.45, 7) is 6.07. The monoisotopic (exact) mass is 375 g/mol. The topological polar surface area (TPSA) is 75.6 Å². The van der Waals surface area contributed by atoms with Crippen LogP contribution >= 0.6 is 0 Å². The zero-order valence-electron chi connectivity index (χ0n) is 15.2. The highest BCUT2D eigenvalue weighted by Gasteiger charge is 2.44. The predicted molar refractivity (Wildman–Crippen MR) is 90.0 cm³/mol. The van der Waals surface area contributed by atoms with E-state index in [-0.39, 0.29) is 5.56 Å². The molecule has 1 rings (SSSR count). The summed E-state index contributed by atoms with van der Waals surface area (Å²) in [5.41, 5.74) is -1.83. The van der Waals surface area contributed by atoms with Gasteiger partial charge in [0.1, 0.15) is 11.0 Å². The van der Waals surface area contributed by atoms with E-state index in [1.807, 2.05) is 0 Å². The van der Waals surface area contributed by atoms with Gasteiger partial charge in [-0.15, -0.1) is 0 Å². The van der Waals surface area contributed by atoms with Crippen molar-refractivity contribution in [1.29, 1.82) is 0 Å². The maximum Gasteiger partial charge on any atom is 0.407 e. The first-order chi connectivity index (χ1) is 11.8. The highest BCUT2D eigenvalue weighted by Crippen LogP contribution is 2.35. The van der Waals surface area contributed by atoms with E-state index in [2.05, 4.69) is 5.32 Å². The highest BCUT2D eigenvalue weighted by atomic mass is 19.4. The Morgan fingerprint density at radius 3 is 2.23 bits per heavy atom. The van der Waals surface area contributed by atoms with E-state index in [4.69, 9.17) is 4.74 Å². The normalized spacial score (nSPS) is 14.4. The summed E-state index contributed by atoms with van der Waals surface area (Å²) in [6.07, 6.45) is -7.40. The number of rotatable bonds is 6. The minimum Gasteiger partial charge on any atom is -0.481 e. The van der Waals surface area contributed by atoms with E-state index < -0.39 is 48.6 Å². The molecule has 26 heavy (non-hydrogen) atoms. The molecule has 1 aromatic carbocycles. The van der Waals surface area contributed by atoms with Crippen molar-refractivity contribution in [2.24, 2.45) is 0 Å². The van der Waals surface area contributed by atoms with Crippen LogP contribution in [0.5, 0.6) is 0 Å². The zero-order chi connectivity index (χ0) is 20.2. The first kappa shape index (κ1) is 21.8. The van der Waals surface area contributed by atoms with E-state index in [1.54, 1.807) is 39.8 Å². The van der Waals surface area contributed by atoms with Crippen molar-refractivity contribution in [2.75, 3.05) is 6.54 Å². The van der Waals surface area contributed by atoms with Gasteiger partial charge in [-0.05, 0) is 39.7 Å². The average molecular weight is 375 g/mol. The Hall–Kier alpha value is -2.25. The Kier molecular flexibility index (Phi) is 6.68. The lowest BCUT2D eigenvalue weighted by molar-refractivity contribution is -0.151. The van der Waals surface area contributed by atoms with Crippen molar-refractivity contribution >= 4 is 12.1 Å². The summed E-state index contributed by atoms with van der Waals surface area (Å²) < 4.78 is 43.3. The minimum absolute atomic E-state index is 0.199. The summed E-state index contributed by atoms with van der Waals surface area (Å²) >= 11 is 0. The van der Waals surface area contributed by atoms with Gasteiger partial charge in [0.2, 0.25) is 0 Å². The lowest BCUT2D eigenvalue weighted by Gasteiger charge is -2.31. The molecule has 0 radical (unpaired) electrons. The maximum atomic E-state index is 12.8. The van der Waals surface area contributed by atoms with Crippen LogP contribution < -0.4 is 5.32 Å². The molecule has 2 N–H and O–H groups in total. The molecule has 1 atom stereocenters. The number of benzene rings is 1. The van der Waals surface area contributed by atoms with Gasteiger partial charge in [-0.25, -0.2) is 4.79 Å². The number of carboxylic acids is 1. The third-order valence-corrected chi connectivity index (χ3v) is 3.75. The van der Waals surface area contributed by atoms with Crippen molar-refractivity contribution in [3.63, 3.8) is 0 Å². The Labute approximate surface area is 150 Å². The Morgan fingerprint density at radius 1 is 1.15 bits per heavy atom. The van der Waals surface area contributed by atoms with Crippen LogP contribution in [0, 0.1) is 6.92 Å². The van der Waals surface area contributed by atoms with Gasteiger partial charge in [-0.3, -0.25) is 4.79 Å². The van der Waals surface area contributed by atoms with Crippen molar-refractivity contribution < 1.29 is 32.6 Å². The lowest BCUT2D eigenvalue weighted by atomic mass is 9.76. The summed E-state index contributed by atoms with van der Waals surface area (Å²) in [6, 6.07) is 6.25. The van der Waals surface area contributed by atoms with Gasteiger partial charge in [0.05, 0.1) is 0 Å². The van der Waals surface area contributed by atoms with E-state index in [0.717, 1.165) is 0 Å². The van der Waals surface area contributed by atoms with Crippen molar-refractivity contribution in [3.8, 4) is 0 Å². The number of hydrogen-bond donors (Lipinski definition) is 2. The molecule has 1 aromatic rings. The summed E-state index contributed by atoms with van der Waals surface area (Å²) in [5, 5.41) is 12.1. The lowest BCUT2D eigenvalue weighted by Crippen LogP contribution is -2.48. The van der Waals surface area contributed by atoms with Gasteiger partial charge in [-0.1, -0.05) is 29.8 Å². The largest absolute Gasteiger partial charge is 0.481 e. The molecule has 0 aliphatic carbocycles. The summed E-state index contributed by atoms with van der Waals surface area (Å²) in [7, 11) is 0. The fraction of sp³-hybridized carbons (Fsp3) is 0.556. The fourth-order valence-electron chi connectivity index (χ4n) is 2.48. The first-order valence-corrected chi connectivity index (χ1v) is 8.09. The molecule has 0 fully saturated rings. The predicted octanol–water partition coefficient (Wildman–Crippen LogP) is 4.18. The molecule has 0 saturated carbocycles. The van der Waals surface area contributed by atoms with Gasteiger partial charge >= 0.3 is 18.2 Å². The van der Waals surface area contributed by atoms with Crippen LogP contribution in [0.25, 0.3) is 0 Å². The minimum atomic E-state index is -4.52. The van der Waals surface area contributed by atoms with Gasteiger partial charge in [0.15, 0.2) is 0 Å². The second-order valence-electron chi connectivity index (χ2n) is 7.23. The molecule has 0 aromatic heterocycles. The standard InChI is InChI=1S/C18H24F3NO4/c1-12-6-5-7-13(10-12)17(14(23)24,8-9-18(19,20)21)11-22-15(25)26-16(2,3)4/h5-7,10H,8-9,11H2,1-4H3,(H,22,25)(H,23,24). The van der Waals surface area contributed by atoms with Crippen molar-refractivity contribution in [2.45, 2.75) is 57.7 Å². The number of nitrogens with one attached hydrogen (secondary N) is 1. The number of hydrogen-bond acceptors (Lipinski definition) is 3. The quantitative estimate of drug-likeness (QED) is 0.782. The number of carbonyl (C=O) groups is 2. The zero-order valence-corrected chi connectivity index (χ0v) is 15.2. The highest BCUT2D eigenvalue weighted by molar-refractivity contribution is 5.83. The molecule has 0 spiro atoms. The van der Waals surface area contributed by atoms with Crippen LogP contribution in [0.15, 0.2) is 24.3 Å². The summed E-state index contributed by atoms with van der Waals surface area (Å²) in [5.74, 6) is -1.44. The molecular formula is C18H24F3NO4. The molecule has 0 aliphatic rings. The van der Waals surface area contributed by atoms with Crippen LogP contribution in [0.1, 0.15) is 44.7 Å². The van der Waals surface area contributed by atoms with Crippen LogP contribution in [0.2, 0.25) is 0 Å². The van der Waals surface area contributed by atoms with Crippen LogP contribution in [0.4, 0.5) is 18.0 Å². The number of aliphatic carboxylic acids is 1. The third-order valence-electron chi connectivity index (χ3n) is 3.75. The van der Waals surface area contributed by atoms with E-state index in [1.165, 1.54) is 12.1 Å². The Bertz CT molecular complexity index is 653. The van der Waals surface area contributed by atoms with Crippen LogP contribution in [-0.2, 0) is 14.9 Å². The molecule has 0 aliphatic heterocycles. The third kappa shape index (κ3) is 6.57. The van der Waals surface area contributed by atoms with Gasteiger partial charge < -0.3 is 15.2 Å². The van der Waals surface area contributed by atoms with Crippen LogP contribution in [-0.4, -0.2) is 35.5 Å². The summed E-state index contributed by atoms with van der Waals surface area (Å²) in [4.78, 5) is 23.9. The number of aryl methyl sites for hydroxylation is 1. The molecule has 146 valence electrons. The molecule has 5 nitrogen and oxygen atoms in total. The second kappa shape index (κ2) is 7.97. The number of alkyl carbamates (subject to hydrolysis) is 1.